The second-order valence-corrected chi connectivity index (χ2v) is 10.1. The monoisotopic (exact) mass is 425 g/mol. The van der Waals surface area contributed by atoms with Gasteiger partial charge in [-0.15, -0.1) is 0 Å². The summed E-state index contributed by atoms with van der Waals surface area (Å²) in [5.74, 6) is 1.35. The molecule has 1 aliphatic heterocycles. The molecule has 0 saturated carbocycles. The van der Waals surface area contributed by atoms with Crippen molar-refractivity contribution in [1.29, 1.82) is 0 Å². The molecule has 0 aromatic heterocycles. The van der Waals surface area contributed by atoms with E-state index in [9.17, 15) is 4.79 Å². The Morgan fingerprint density at radius 3 is 1.14 bits per heavy atom. The van der Waals surface area contributed by atoms with Crippen molar-refractivity contribution in [3.05, 3.63) is 0 Å². The first-order chi connectivity index (χ1) is 16.1. The van der Waals surface area contributed by atoms with Crippen molar-refractivity contribution < 1.29 is 4.79 Å². The van der Waals surface area contributed by atoms with Gasteiger partial charge in [0.25, 0.3) is 0 Å². The molecule has 35 heavy (non-hydrogen) atoms. The minimum absolute atomic E-state index is 0.165. The van der Waals surface area contributed by atoms with Gasteiger partial charge in [0.2, 0.25) is 5.91 Å². The largest absolute Gasteiger partial charge is 0.342 e. The number of rotatable bonds is 11. The lowest BCUT2D eigenvalue weighted by molar-refractivity contribution is -0.135. The minimum atomic E-state index is -0.926. The Labute approximate surface area is 236 Å². The Balaban J connectivity index is 0.000000750. The van der Waals surface area contributed by atoms with Crippen LogP contribution in [0.2, 0.25) is 0 Å². The molecule has 1 saturated heterocycles. The lowest BCUT2D eigenvalue weighted by atomic mass is 8.36. The third-order valence-corrected chi connectivity index (χ3v) is 7.00. The van der Waals surface area contributed by atoms with Gasteiger partial charge in [-0.05, 0) is 18.8 Å². The standard InChI is InChI=1S/C11H21NO.B22/c1-4-10-5-7-12(8-6-10)11(13)9(2)3;1-13(2)19(14(3)4)22(20(15(5)6)16(7)8)21(17(9)10)18(11)12/h9-10H,4-8H2,1-3H3;. The molecule has 1 fully saturated rings. The van der Waals surface area contributed by atoms with Crippen molar-refractivity contribution in [2.75, 3.05) is 13.1 Å². The summed E-state index contributed by atoms with van der Waals surface area (Å²) in [6.45, 7) is 8.16. The van der Waals surface area contributed by atoms with Gasteiger partial charge < -0.3 is 4.90 Å². The number of carbonyl (C=O) groups is 1. The molecule has 0 aromatic rings. The lowest BCUT2D eigenvalue weighted by Gasteiger charge is -2.45. The van der Waals surface area contributed by atoms with E-state index in [2.05, 4.69) is 6.92 Å². The summed E-state index contributed by atoms with van der Waals surface area (Å²) >= 11 is 0. The van der Waals surface area contributed by atoms with Crippen molar-refractivity contribution >= 4 is 163 Å². The van der Waals surface area contributed by atoms with Crippen LogP contribution in [0.3, 0.4) is 0 Å². The molecule has 142 valence electrons. The number of amides is 1. The molecule has 0 aliphatic carbocycles. The van der Waals surface area contributed by atoms with E-state index in [4.69, 9.17) is 92.8 Å². The normalized spacial score (nSPS) is 13.1. The fourth-order valence-corrected chi connectivity index (χ4v) is 5.01. The Hall–Kier alpha value is 0.899. The summed E-state index contributed by atoms with van der Waals surface area (Å²) in [4.78, 5) is 13.6. The molecular weight excluding hydrogens is 400 g/mol. The second kappa shape index (κ2) is 17.5. The quantitative estimate of drug-likeness (QED) is 0.305. The summed E-state index contributed by atoms with van der Waals surface area (Å²) < 4.78 is 0. The molecule has 0 N–H and O–H groups in total. The molecule has 2 nitrogen and oxygen atoms in total. The van der Waals surface area contributed by atoms with E-state index < -0.39 is 63.9 Å². The first kappa shape index (κ1) is 35.9. The number of nitrogens with zero attached hydrogens (tertiary/aromatic N) is 1. The van der Waals surface area contributed by atoms with Gasteiger partial charge in [0, 0.05) is 176 Å². The topological polar surface area (TPSA) is 20.3 Å². The summed E-state index contributed by atoms with van der Waals surface area (Å²) in [6.07, 6.45) is -4.66. The molecule has 1 amide bonds. The molecule has 0 atom stereocenters. The third-order valence-electron chi connectivity index (χ3n) is 7.00. The van der Waals surface area contributed by atoms with E-state index in [1.165, 1.54) is 19.3 Å². The van der Waals surface area contributed by atoms with Gasteiger partial charge in [0.1, 0.15) is 0 Å². The number of carbonyl (C=O) groups excluding carboxylic acids is 1. The zero-order valence-corrected chi connectivity index (χ0v) is 21.7. The highest BCUT2D eigenvalue weighted by atomic mass is 16.2. The average molecular weight is 421 g/mol. The SMILES string of the molecule is CCC1CCN(C(=O)C(C)C)CC1.[B]B([B])B(B([B])[B])B(B(B([B])[B])B([B])[B])B(B([B])[B])B([B])[B]. The molecule has 1 rings (SSSR count). The van der Waals surface area contributed by atoms with Gasteiger partial charge in [-0.2, -0.15) is 0 Å². The van der Waals surface area contributed by atoms with Crippen LogP contribution in [0.15, 0.2) is 0 Å². The predicted molar refractivity (Wildman–Crippen MR) is 181 cm³/mol. The van der Waals surface area contributed by atoms with Crippen LogP contribution in [0.25, 0.3) is 0 Å². The van der Waals surface area contributed by atoms with Crippen molar-refractivity contribution in [3.8, 4) is 0 Å². The van der Waals surface area contributed by atoms with E-state index in [1.807, 2.05) is 18.7 Å². The molecule has 24 heteroatoms. The van der Waals surface area contributed by atoms with Crippen molar-refractivity contribution in [2.24, 2.45) is 11.8 Å². The Bertz CT molecular complexity index is 510. The Morgan fingerprint density at radius 1 is 0.657 bits per heavy atom. The molecule has 0 bridgehead atoms. The molecule has 24 radical (unpaired) electrons. The molecular formula is C11H21B22NO. The van der Waals surface area contributed by atoms with Gasteiger partial charge in [0.05, 0.1) is 0 Å². The van der Waals surface area contributed by atoms with Gasteiger partial charge in [-0.25, -0.2) is 0 Å². The Morgan fingerprint density at radius 2 is 0.943 bits per heavy atom. The fourth-order valence-electron chi connectivity index (χ4n) is 5.01. The number of hydrogen-bond acceptors (Lipinski definition) is 1. The Kier molecular flexibility index (Phi) is 17.9. The molecule has 1 heterocycles. The second-order valence-electron chi connectivity index (χ2n) is 10.1. The summed E-state index contributed by atoms with van der Waals surface area (Å²) in [7, 11) is 69.7. The van der Waals surface area contributed by atoms with Crippen molar-refractivity contribution in [2.45, 2.75) is 40.0 Å². The van der Waals surface area contributed by atoms with Crippen LogP contribution in [0.4, 0.5) is 0 Å². The number of likely N-dealkylation sites (tertiary alicyclic amines) is 1. The van der Waals surface area contributed by atoms with Gasteiger partial charge in [-0.3, -0.25) is 4.79 Å². The highest BCUT2D eigenvalue weighted by Gasteiger charge is 2.46. The van der Waals surface area contributed by atoms with Crippen LogP contribution in [0.5, 0.6) is 0 Å². The van der Waals surface area contributed by atoms with Crippen molar-refractivity contribution in [1.82, 2.24) is 4.90 Å². The first-order valence-corrected chi connectivity index (χ1v) is 12.4. The van der Waals surface area contributed by atoms with E-state index in [0.29, 0.717) is 5.91 Å². The summed E-state index contributed by atoms with van der Waals surface area (Å²) in [5, 5.41) is 0. The van der Waals surface area contributed by atoms with Gasteiger partial charge in [0.15, 0.2) is 0 Å². The maximum atomic E-state index is 11.6. The lowest BCUT2D eigenvalue weighted by Crippen LogP contribution is -2.83. The van der Waals surface area contributed by atoms with E-state index in [-0.39, 0.29) is 5.92 Å². The van der Waals surface area contributed by atoms with Gasteiger partial charge >= 0.3 is 0 Å². The van der Waals surface area contributed by atoms with E-state index in [1.54, 1.807) is 0 Å². The summed E-state index contributed by atoms with van der Waals surface area (Å²) in [5.41, 5.74) is 0. The number of hydrogen-bond donors (Lipinski definition) is 0. The van der Waals surface area contributed by atoms with Crippen LogP contribution < -0.4 is 0 Å². The van der Waals surface area contributed by atoms with Crippen LogP contribution in [0.1, 0.15) is 40.0 Å². The smallest absolute Gasteiger partial charge is 0.225 e. The minimum Gasteiger partial charge on any atom is -0.342 e. The third kappa shape index (κ3) is 11.7. The first-order valence-electron chi connectivity index (χ1n) is 12.4. The fraction of sp³-hybridized carbons (Fsp3) is 0.909. The molecule has 1 aliphatic rings. The molecule has 0 spiro atoms. The molecule has 0 unspecified atom stereocenters. The predicted octanol–water partition coefficient (Wildman–Crippen LogP) is -6.09. The van der Waals surface area contributed by atoms with Gasteiger partial charge in [-0.1, -0.05) is 27.2 Å². The maximum absolute atomic E-state index is 11.6. The molecule has 0 aromatic carbocycles. The highest BCUT2D eigenvalue weighted by molar-refractivity contribution is 8.22. The van der Waals surface area contributed by atoms with E-state index >= 15 is 0 Å². The maximum Gasteiger partial charge on any atom is 0.225 e. The average Bonchev–Trinajstić information content (AvgIpc) is 2.72. The summed E-state index contributed by atoms with van der Waals surface area (Å²) in [6, 6.07) is 0. The highest BCUT2D eigenvalue weighted by Crippen LogP contribution is 2.20. The van der Waals surface area contributed by atoms with Crippen LogP contribution in [0, 0.1) is 11.8 Å². The van der Waals surface area contributed by atoms with Crippen LogP contribution in [-0.2, 0) is 4.79 Å². The van der Waals surface area contributed by atoms with E-state index in [0.717, 1.165) is 19.0 Å². The van der Waals surface area contributed by atoms with Crippen LogP contribution >= 0.6 is 0 Å². The number of piperidine rings is 1. The van der Waals surface area contributed by atoms with Crippen molar-refractivity contribution in [3.63, 3.8) is 0 Å². The zero-order chi connectivity index (χ0) is 27.6. The van der Waals surface area contributed by atoms with Crippen LogP contribution in [-0.4, -0.2) is 181 Å². The zero-order valence-electron chi connectivity index (χ0n) is 21.7.